The number of rotatable bonds is 6. The van der Waals surface area contributed by atoms with E-state index in [0.29, 0.717) is 6.04 Å². The first-order chi connectivity index (χ1) is 9.97. The van der Waals surface area contributed by atoms with Gasteiger partial charge in [-0.2, -0.15) is 0 Å². The molecule has 0 saturated heterocycles. The van der Waals surface area contributed by atoms with E-state index in [4.69, 9.17) is 23.2 Å². The average molecular weight is 343 g/mol. The summed E-state index contributed by atoms with van der Waals surface area (Å²) in [6.07, 6.45) is 0. The SMILES string of the molecule is CC(C)NCc1cccc(Cl)c1N(C)Cc1ccc(Cl)s1. The Bertz CT molecular complexity index is 596. The first kappa shape index (κ1) is 16.6. The van der Waals surface area contributed by atoms with Crippen LogP contribution in [-0.4, -0.2) is 13.1 Å². The first-order valence-electron chi connectivity index (χ1n) is 6.93. The third kappa shape index (κ3) is 4.62. The van der Waals surface area contributed by atoms with Crippen molar-refractivity contribution in [1.29, 1.82) is 0 Å². The Hall–Kier alpha value is -0.740. The van der Waals surface area contributed by atoms with Crippen molar-refractivity contribution < 1.29 is 0 Å². The summed E-state index contributed by atoms with van der Waals surface area (Å²) < 4.78 is 0.819. The fraction of sp³-hybridized carbons (Fsp3) is 0.375. The summed E-state index contributed by atoms with van der Waals surface area (Å²) >= 11 is 14.0. The number of nitrogens with one attached hydrogen (secondary N) is 1. The second-order valence-electron chi connectivity index (χ2n) is 5.35. The Morgan fingerprint density at radius 3 is 2.57 bits per heavy atom. The fourth-order valence-corrected chi connectivity index (χ4v) is 3.67. The molecule has 2 nitrogen and oxygen atoms in total. The summed E-state index contributed by atoms with van der Waals surface area (Å²) in [5.74, 6) is 0. The van der Waals surface area contributed by atoms with Gasteiger partial charge in [-0.15, -0.1) is 11.3 Å². The van der Waals surface area contributed by atoms with Crippen molar-refractivity contribution in [3.05, 3.63) is 50.1 Å². The number of hydrogen-bond donors (Lipinski definition) is 1. The van der Waals surface area contributed by atoms with Crippen LogP contribution in [0.3, 0.4) is 0 Å². The molecule has 5 heteroatoms. The van der Waals surface area contributed by atoms with Gasteiger partial charge < -0.3 is 10.2 Å². The minimum absolute atomic E-state index is 0.443. The highest BCUT2D eigenvalue weighted by Gasteiger charge is 2.13. The van der Waals surface area contributed by atoms with Crippen molar-refractivity contribution >= 4 is 40.2 Å². The lowest BCUT2D eigenvalue weighted by atomic mass is 10.1. The molecular formula is C16H20Cl2N2S. The van der Waals surface area contributed by atoms with E-state index < -0.39 is 0 Å². The highest BCUT2D eigenvalue weighted by atomic mass is 35.5. The van der Waals surface area contributed by atoms with Gasteiger partial charge in [0.25, 0.3) is 0 Å². The van der Waals surface area contributed by atoms with Crippen molar-refractivity contribution in [2.24, 2.45) is 0 Å². The number of thiophene rings is 1. The quantitative estimate of drug-likeness (QED) is 0.776. The summed E-state index contributed by atoms with van der Waals surface area (Å²) in [6, 6.07) is 10.5. The third-order valence-corrected chi connectivity index (χ3v) is 4.70. The van der Waals surface area contributed by atoms with Crippen LogP contribution in [0.4, 0.5) is 5.69 Å². The molecule has 0 aliphatic rings. The van der Waals surface area contributed by atoms with Crippen molar-refractivity contribution in [2.75, 3.05) is 11.9 Å². The van der Waals surface area contributed by atoms with E-state index in [1.54, 1.807) is 11.3 Å². The van der Waals surface area contributed by atoms with Gasteiger partial charge in [0.2, 0.25) is 0 Å². The molecule has 1 aromatic heterocycles. The van der Waals surface area contributed by atoms with E-state index in [1.165, 1.54) is 10.4 Å². The van der Waals surface area contributed by atoms with E-state index >= 15 is 0 Å². The lowest BCUT2D eigenvalue weighted by Gasteiger charge is -2.24. The summed E-state index contributed by atoms with van der Waals surface area (Å²) in [5, 5.41) is 4.23. The van der Waals surface area contributed by atoms with Gasteiger partial charge in [0.1, 0.15) is 0 Å². The molecule has 1 aromatic carbocycles. The predicted octanol–water partition coefficient (Wildman–Crippen LogP) is 5.19. The van der Waals surface area contributed by atoms with E-state index in [1.807, 2.05) is 18.2 Å². The minimum atomic E-state index is 0.443. The van der Waals surface area contributed by atoms with Crippen LogP contribution in [0.1, 0.15) is 24.3 Å². The molecule has 0 radical (unpaired) electrons. The Labute approximate surface area is 140 Å². The molecule has 2 rings (SSSR count). The number of para-hydroxylation sites is 1. The van der Waals surface area contributed by atoms with Gasteiger partial charge >= 0.3 is 0 Å². The van der Waals surface area contributed by atoms with Crippen molar-refractivity contribution in [1.82, 2.24) is 5.32 Å². The van der Waals surface area contributed by atoms with E-state index in [9.17, 15) is 0 Å². The minimum Gasteiger partial charge on any atom is -0.368 e. The van der Waals surface area contributed by atoms with Gasteiger partial charge in [-0.25, -0.2) is 0 Å². The molecule has 1 N–H and O–H groups in total. The van der Waals surface area contributed by atoms with E-state index in [2.05, 4.69) is 43.2 Å². The standard InChI is InChI=1S/C16H20Cl2N2S/c1-11(2)19-9-12-5-4-6-14(17)16(12)20(3)10-13-7-8-15(18)21-13/h4-8,11,19H,9-10H2,1-3H3. The molecule has 0 atom stereocenters. The smallest absolute Gasteiger partial charge is 0.0931 e. The highest BCUT2D eigenvalue weighted by Crippen LogP contribution is 2.31. The van der Waals surface area contributed by atoms with Crippen LogP contribution in [0.25, 0.3) is 0 Å². The number of anilines is 1. The number of hydrogen-bond acceptors (Lipinski definition) is 3. The van der Waals surface area contributed by atoms with E-state index in [-0.39, 0.29) is 0 Å². The average Bonchev–Trinajstić information content (AvgIpc) is 2.81. The van der Waals surface area contributed by atoms with Crippen LogP contribution < -0.4 is 10.2 Å². The van der Waals surface area contributed by atoms with E-state index in [0.717, 1.165) is 28.1 Å². The van der Waals surface area contributed by atoms with Crippen LogP contribution >= 0.6 is 34.5 Å². The maximum absolute atomic E-state index is 6.42. The molecule has 0 aliphatic carbocycles. The lowest BCUT2D eigenvalue weighted by Crippen LogP contribution is -2.24. The topological polar surface area (TPSA) is 15.3 Å². The Morgan fingerprint density at radius 1 is 1.19 bits per heavy atom. The number of halogens is 2. The maximum Gasteiger partial charge on any atom is 0.0931 e. The Morgan fingerprint density at radius 2 is 1.95 bits per heavy atom. The zero-order valence-electron chi connectivity index (χ0n) is 12.5. The predicted molar refractivity (Wildman–Crippen MR) is 94.9 cm³/mol. The molecule has 0 unspecified atom stereocenters. The van der Waals surface area contributed by atoms with Gasteiger partial charge in [0.05, 0.1) is 21.6 Å². The lowest BCUT2D eigenvalue weighted by molar-refractivity contribution is 0.588. The van der Waals surface area contributed by atoms with Crippen LogP contribution in [0.5, 0.6) is 0 Å². The third-order valence-electron chi connectivity index (χ3n) is 3.17. The Kier molecular flexibility index (Phi) is 5.94. The highest BCUT2D eigenvalue weighted by molar-refractivity contribution is 7.16. The molecular weight excluding hydrogens is 323 g/mol. The largest absolute Gasteiger partial charge is 0.368 e. The summed E-state index contributed by atoms with van der Waals surface area (Å²) in [6.45, 7) is 5.89. The zero-order valence-corrected chi connectivity index (χ0v) is 14.8. The molecule has 1 heterocycles. The van der Waals surface area contributed by atoms with Crippen LogP contribution in [0, 0.1) is 0 Å². The number of benzene rings is 1. The molecule has 2 aromatic rings. The molecule has 0 fully saturated rings. The zero-order chi connectivity index (χ0) is 15.4. The van der Waals surface area contributed by atoms with Gasteiger partial charge in [0, 0.05) is 24.5 Å². The van der Waals surface area contributed by atoms with Crippen LogP contribution in [0.2, 0.25) is 9.36 Å². The summed E-state index contributed by atoms with van der Waals surface area (Å²) in [7, 11) is 2.06. The first-order valence-corrected chi connectivity index (χ1v) is 8.50. The molecule has 0 bridgehead atoms. The van der Waals surface area contributed by atoms with Crippen molar-refractivity contribution in [3.63, 3.8) is 0 Å². The summed E-state index contributed by atoms with van der Waals surface area (Å²) in [5.41, 5.74) is 2.29. The van der Waals surface area contributed by atoms with Crippen molar-refractivity contribution in [3.8, 4) is 0 Å². The van der Waals surface area contributed by atoms with Crippen LogP contribution in [-0.2, 0) is 13.1 Å². The maximum atomic E-state index is 6.42. The van der Waals surface area contributed by atoms with Gasteiger partial charge in [-0.1, -0.05) is 49.2 Å². The van der Waals surface area contributed by atoms with Gasteiger partial charge in [0.15, 0.2) is 0 Å². The second kappa shape index (κ2) is 7.50. The molecule has 0 saturated carbocycles. The van der Waals surface area contributed by atoms with Gasteiger partial charge in [-0.3, -0.25) is 0 Å². The molecule has 114 valence electrons. The van der Waals surface area contributed by atoms with Gasteiger partial charge in [-0.05, 0) is 23.8 Å². The normalized spacial score (nSPS) is 11.1. The monoisotopic (exact) mass is 342 g/mol. The second-order valence-corrected chi connectivity index (χ2v) is 7.55. The number of nitrogens with zero attached hydrogens (tertiary/aromatic N) is 1. The molecule has 21 heavy (non-hydrogen) atoms. The molecule has 0 spiro atoms. The fourth-order valence-electron chi connectivity index (χ4n) is 2.19. The van der Waals surface area contributed by atoms with Crippen molar-refractivity contribution in [2.45, 2.75) is 33.0 Å². The van der Waals surface area contributed by atoms with Crippen LogP contribution in [0.15, 0.2) is 30.3 Å². The molecule has 0 aliphatic heterocycles. The Balaban J connectivity index is 2.20. The summed E-state index contributed by atoms with van der Waals surface area (Å²) in [4.78, 5) is 3.41. The molecule has 0 amide bonds.